The molecule has 0 fully saturated rings. The number of hydrogen-bond acceptors (Lipinski definition) is 8. The van der Waals surface area contributed by atoms with Gasteiger partial charge >= 0.3 is 17.5 Å². The summed E-state index contributed by atoms with van der Waals surface area (Å²) in [5.74, 6) is 1.08. The molecule has 186 valence electrons. The van der Waals surface area contributed by atoms with Crippen LogP contribution < -0.4 is 9.47 Å². The van der Waals surface area contributed by atoms with Crippen LogP contribution in [0.2, 0.25) is 0 Å². The lowest BCUT2D eigenvalue weighted by Gasteiger charge is -2.17. The Morgan fingerprint density at radius 1 is 1.26 bits per heavy atom. The highest BCUT2D eigenvalue weighted by molar-refractivity contribution is 8.15. The Hall–Kier alpha value is -3.18. The number of H-pyrrole nitrogens is 1. The van der Waals surface area contributed by atoms with Crippen LogP contribution in [0.1, 0.15) is 44.4 Å². The van der Waals surface area contributed by atoms with Crippen LogP contribution in [0.4, 0.5) is 0 Å². The van der Waals surface area contributed by atoms with Crippen molar-refractivity contribution < 1.29 is 27.8 Å². The van der Waals surface area contributed by atoms with Gasteiger partial charge in [-0.3, -0.25) is 9.79 Å². The first-order chi connectivity index (χ1) is 16.9. The average Bonchev–Trinajstić information content (AvgIpc) is 3.46. The smallest absolute Gasteiger partial charge is 0.335 e. The summed E-state index contributed by atoms with van der Waals surface area (Å²) in [7, 11) is 0. The van der Waals surface area contributed by atoms with E-state index in [0.717, 1.165) is 45.8 Å². The normalized spacial score (nSPS) is 14.9. The predicted molar refractivity (Wildman–Crippen MR) is 136 cm³/mol. The number of carbonyl (C=O) groups is 1. The standard InChI is InChI=1S/C24H27N3O4S.O2S/c1-4-16(5-2)30-20-10-17(31-21-7-6-14(3)12-25-21)8-15-9-19(27-23(15)20)24-26-13-18(32-24)11-22(28)29;1-3-2/h6-10,12,16,18,27H,4-5,11,13H2,1-3H3,(H,28,29);. The number of nitrogens with zero attached hydrogens (tertiary/aromatic N) is 2. The van der Waals surface area contributed by atoms with Crippen molar-refractivity contribution >= 4 is 45.2 Å². The van der Waals surface area contributed by atoms with E-state index in [2.05, 4.69) is 28.8 Å². The quantitative estimate of drug-likeness (QED) is 0.410. The lowest BCUT2D eigenvalue weighted by Crippen LogP contribution is -2.14. The summed E-state index contributed by atoms with van der Waals surface area (Å²) < 4.78 is 28.9. The number of aryl methyl sites for hydroxylation is 1. The van der Waals surface area contributed by atoms with Crippen LogP contribution in [-0.2, 0) is 16.4 Å². The molecule has 11 heteroatoms. The molecule has 4 rings (SSSR count). The van der Waals surface area contributed by atoms with Gasteiger partial charge < -0.3 is 19.6 Å². The first kappa shape index (κ1) is 26.4. The number of rotatable bonds is 9. The highest BCUT2D eigenvalue weighted by Crippen LogP contribution is 2.36. The van der Waals surface area contributed by atoms with E-state index >= 15 is 0 Å². The van der Waals surface area contributed by atoms with Crippen molar-refractivity contribution in [1.29, 1.82) is 0 Å². The molecule has 2 N–H and O–H groups in total. The second kappa shape index (κ2) is 12.5. The Morgan fingerprint density at radius 3 is 2.63 bits per heavy atom. The molecule has 1 aromatic carbocycles. The number of benzene rings is 1. The Balaban J connectivity index is 0.00000108. The molecule has 1 aliphatic rings. The molecular weight excluding hydrogens is 490 g/mol. The largest absolute Gasteiger partial charge is 0.488 e. The molecule has 0 aliphatic carbocycles. The highest BCUT2D eigenvalue weighted by Gasteiger charge is 2.25. The van der Waals surface area contributed by atoms with E-state index < -0.39 is 17.5 Å². The van der Waals surface area contributed by atoms with Crippen LogP contribution in [0.3, 0.4) is 0 Å². The Bertz CT molecular complexity index is 1230. The Kier molecular flexibility index (Phi) is 9.44. The van der Waals surface area contributed by atoms with E-state index in [1.54, 1.807) is 6.20 Å². The second-order valence-corrected chi connectivity index (χ2v) is 9.38. The third-order valence-corrected chi connectivity index (χ3v) is 6.55. The summed E-state index contributed by atoms with van der Waals surface area (Å²) in [6, 6.07) is 9.65. The maximum Gasteiger partial charge on any atom is 0.335 e. The maximum absolute atomic E-state index is 11.0. The van der Waals surface area contributed by atoms with Gasteiger partial charge in [-0.05, 0) is 37.5 Å². The van der Waals surface area contributed by atoms with E-state index in [1.165, 1.54) is 11.8 Å². The number of aromatic nitrogens is 2. The number of nitrogens with one attached hydrogen (secondary N) is 1. The van der Waals surface area contributed by atoms with Crippen molar-refractivity contribution in [2.45, 2.75) is 51.4 Å². The van der Waals surface area contributed by atoms with Crippen LogP contribution in [0.25, 0.3) is 10.9 Å². The fraction of sp³-hybridized carbons (Fsp3) is 0.375. The van der Waals surface area contributed by atoms with E-state index in [4.69, 9.17) is 23.0 Å². The molecule has 0 saturated heterocycles. The molecule has 1 atom stereocenters. The molecule has 0 spiro atoms. The Morgan fingerprint density at radius 2 is 2.00 bits per heavy atom. The maximum atomic E-state index is 11.0. The first-order valence-electron chi connectivity index (χ1n) is 11.2. The molecule has 1 unspecified atom stereocenters. The number of aliphatic carboxylic acids is 1. The van der Waals surface area contributed by atoms with Gasteiger partial charge in [-0.1, -0.05) is 31.7 Å². The van der Waals surface area contributed by atoms with Crippen LogP contribution in [0.5, 0.6) is 17.4 Å². The molecule has 0 amide bonds. The third kappa shape index (κ3) is 7.15. The minimum Gasteiger partial charge on any atom is -0.488 e. The summed E-state index contributed by atoms with van der Waals surface area (Å²) in [5, 5.41) is 10.8. The van der Waals surface area contributed by atoms with Crippen molar-refractivity contribution in [3.63, 3.8) is 0 Å². The summed E-state index contributed by atoms with van der Waals surface area (Å²) in [5.41, 5.74) is 2.80. The van der Waals surface area contributed by atoms with Crippen molar-refractivity contribution in [3.8, 4) is 17.4 Å². The van der Waals surface area contributed by atoms with E-state index in [1.807, 2.05) is 37.3 Å². The highest BCUT2D eigenvalue weighted by atomic mass is 32.2. The van der Waals surface area contributed by atoms with E-state index in [0.29, 0.717) is 18.2 Å². The van der Waals surface area contributed by atoms with Gasteiger partial charge in [0.2, 0.25) is 5.88 Å². The van der Waals surface area contributed by atoms with Crippen molar-refractivity contribution in [3.05, 3.63) is 47.8 Å². The number of carboxylic acid groups (broad SMARTS) is 1. The molecular formula is C24H27N3O6S2. The van der Waals surface area contributed by atoms with Gasteiger partial charge in [0.1, 0.15) is 16.5 Å². The molecule has 0 saturated carbocycles. The fourth-order valence-corrected chi connectivity index (χ4v) is 4.67. The van der Waals surface area contributed by atoms with Gasteiger partial charge in [0.15, 0.2) is 0 Å². The van der Waals surface area contributed by atoms with Gasteiger partial charge in [0.25, 0.3) is 0 Å². The van der Waals surface area contributed by atoms with Crippen molar-refractivity contribution in [2.75, 3.05) is 6.54 Å². The van der Waals surface area contributed by atoms with Crippen LogP contribution in [0.15, 0.2) is 41.5 Å². The zero-order chi connectivity index (χ0) is 25.4. The zero-order valence-corrected chi connectivity index (χ0v) is 21.3. The van der Waals surface area contributed by atoms with Crippen LogP contribution in [-0.4, -0.2) is 52.4 Å². The number of thioether (sulfide) groups is 1. The van der Waals surface area contributed by atoms with Crippen LogP contribution in [0, 0.1) is 6.92 Å². The minimum atomic E-state index is -0.803. The number of pyridine rings is 1. The molecule has 9 nitrogen and oxygen atoms in total. The lowest BCUT2D eigenvalue weighted by atomic mass is 10.2. The van der Waals surface area contributed by atoms with Gasteiger partial charge in [0.05, 0.1) is 30.3 Å². The number of fused-ring (bicyclic) bond motifs is 1. The molecule has 2 aromatic heterocycles. The zero-order valence-electron chi connectivity index (χ0n) is 19.6. The molecule has 3 heterocycles. The molecule has 0 radical (unpaired) electrons. The molecule has 35 heavy (non-hydrogen) atoms. The number of hydrogen-bond donors (Lipinski definition) is 2. The van der Waals surface area contributed by atoms with E-state index in [-0.39, 0.29) is 17.8 Å². The first-order valence-corrected chi connectivity index (χ1v) is 12.7. The monoisotopic (exact) mass is 517 g/mol. The molecule has 1 aliphatic heterocycles. The number of aliphatic imine (C=N–C) groups is 1. The molecule has 3 aromatic rings. The summed E-state index contributed by atoms with van der Waals surface area (Å²) in [6.07, 6.45) is 3.76. The summed E-state index contributed by atoms with van der Waals surface area (Å²) in [4.78, 5) is 23.4. The summed E-state index contributed by atoms with van der Waals surface area (Å²) >= 11 is 0.750. The van der Waals surface area contributed by atoms with E-state index in [9.17, 15) is 4.79 Å². The number of ether oxygens (including phenoxy) is 2. The van der Waals surface area contributed by atoms with Crippen LogP contribution >= 0.6 is 11.8 Å². The lowest BCUT2D eigenvalue weighted by molar-refractivity contribution is -0.136. The Labute approximate surface area is 211 Å². The summed E-state index contributed by atoms with van der Waals surface area (Å²) in [6.45, 7) is 6.70. The molecule has 0 bridgehead atoms. The van der Waals surface area contributed by atoms with Crippen molar-refractivity contribution in [1.82, 2.24) is 9.97 Å². The van der Waals surface area contributed by atoms with Gasteiger partial charge in [-0.2, -0.15) is 8.42 Å². The topological polar surface area (TPSA) is 131 Å². The second-order valence-electron chi connectivity index (χ2n) is 7.95. The number of aromatic amines is 1. The minimum absolute atomic E-state index is 0.0410. The SMILES string of the molecule is CCC(CC)Oc1cc(Oc2ccc(C)cn2)cc2cc(C3=NCC(CC(=O)O)S3)[nH]c12.O=S=O. The van der Waals surface area contributed by atoms with Crippen molar-refractivity contribution in [2.24, 2.45) is 4.99 Å². The average molecular weight is 518 g/mol. The fourth-order valence-electron chi connectivity index (χ4n) is 3.59. The van der Waals surface area contributed by atoms with Gasteiger partial charge in [-0.15, -0.1) is 0 Å². The third-order valence-electron chi connectivity index (χ3n) is 5.33. The van der Waals surface area contributed by atoms with Gasteiger partial charge in [-0.25, -0.2) is 4.98 Å². The van der Waals surface area contributed by atoms with Gasteiger partial charge in [0, 0.05) is 29.0 Å². The predicted octanol–water partition coefficient (Wildman–Crippen LogP) is 4.90. The number of carboxylic acids is 1.